The molecular formula is C47H43As2N3O14S4. The molecule has 8 rings (SSSR count). The number of anilines is 3. The molecule has 17 nitrogen and oxygen atoms in total. The first kappa shape index (κ1) is 50.8. The van der Waals surface area contributed by atoms with Gasteiger partial charge >= 0.3 is 277 Å². The second kappa shape index (κ2) is 22.7. The molecule has 2 fully saturated rings. The van der Waals surface area contributed by atoms with Crippen LogP contribution in [0.1, 0.15) is 27.6 Å². The number of aromatic carboxylic acids is 1. The number of nitrogens with zero attached hydrogens (tertiary/aromatic N) is 2. The zero-order chi connectivity index (χ0) is 49.6. The zero-order valence-corrected chi connectivity index (χ0v) is 44.0. The van der Waals surface area contributed by atoms with Crippen molar-refractivity contribution in [2.75, 3.05) is 77.5 Å². The van der Waals surface area contributed by atoms with E-state index in [4.69, 9.17) is 13.9 Å². The predicted molar refractivity (Wildman–Crippen MR) is 279 cm³/mol. The van der Waals surface area contributed by atoms with E-state index in [1.165, 1.54) is 36.4 Å². The quantitative estimate of drug-likeness (QED) is 0.0295. The van der Waals surface area contributed by atoms with Gasteiger partial charge in [0.25, 0.3) is 0 Å². The second-order valence-corrected chi connectivity index (χ2v) is 38.5. The number of hydrogen-bond acceptors (Lipinski definition) is 16. The summed E-state index contributed by atoms with van der Waals surface area (Å²) in [7, 11) is 7.15. The van der Waals surface area contributed by atoms with Crippen LogP contribution in [0.2, 0.25) is 0 Å². The number of amides is 1. The van der Waals surface area contributed by atoms with Gasteiger partial charge in [-0.15, -0.1) is 0 Å². The summed E-state index contributed by atoms with van der Waals surface area (Å²) >= 11 is -3.96. The van der Waals surface area contributed by atoms with Gasteiger partial charge in [0.15, 0.2) is 0 Å². The van der Waals surface area contributed by atoms with Crippen LogP contribution >= 0.6 is 40.1 Å². The molecule has 3 heterocycles. The van der Waals surface area contributed by atoms with E-state index in [9.17, 15) is 54.3 Å². The molecule has 364 valence electrons. The molecule has 3 aliphatic heterocycles. The van der Waals surface area contributed by atoms with Gasteiger partial charge in [0, 0.05) is 6.54 Å². The third-order valence-electron chi connectivity index (χ3n) is 10.8. The minimum absolute atomic E-state index is 0.00526. The van der Waals surface area contributed by atoms with E-state index in [-0.39, 0.29) is 64.8 Å². The second-order valence-electron chi connectivity index (χ2n) is 15.3. The van der Waals surface area contributed by atoms with Crippen molar-refractivity contribution < 1.29 is 63.4 Å². The van der Waals surface area contributed by atoms with E-state index in [1.54, 1.807) is 100 Å². The Hall–Kier alpha value is -5.56. The van der Waals surface area contributed by atoms with Gasteiger partial charge in [-0.25, -0.2) is 0 Å². The van der Waals surface area contributed by atoms with E-state index < -0.39 is 67.6 Å². The third kappa shape index (κ3) is 11.3. The van der Waals surface area contributed by atoms with Gasteiger partial charge in [0.05, 0.1) is 11.4 Å². The number of fused-ring (bicyclic) bond motifs is 2. The summed E-state index contributed by atoms with van der Waals surface area (Å²) in [5.41, 5.74) is 2.09. The molecule has 70 heavy (non-hydrogen) atoms. The number of aromatic hydroxyl groups is 1. The molecule has 0 radical (unpaired) electrons. The summed E-state index contributed by atoms with van der Waals surface area (Å²) in [6.07, 6.45) is 0. The number of para-hydroxylation sites is 2. The minimum Gasteiger partial charge on any atom is -0.480 e. The van der Waals surface area contributed by atoms with Crippen molar-refractivity contribution in [2.24, 2.45) is 0 Å². The Bertz CT molecular complexity index is 3020. The number of aliphatic carboxylic acids is 3. The van der Waals surface area contributed by atoms with Crippen molar-refractivity contribution in [3.63, 3.8) is 0 Å². The number of hydrogen-bond donors (Lipinski definition) is 6. The molecule has 4 aromatic carbocycles. The number of benzene rings is 5. The molecule has 1 aliphatic carbocycles. The number of carboxylic acid groups (broad SMARTS) is 4. The van der Waals surface area contributed by atoms with Gasteiger partial charge in [-0.05, 0) is 25.1 Å². The van der Waals surface area contributed by atoms with E-state index >= 15 is 0 Å². The topological polar surface area (TPSA) is 254 Å². The first-order valence-corrected chi connectivity index (χ1v) is 36.3. The van der Waals surface area contributed by atoms with Crippen LogP contribution in [0.5, 0.6) is 17.2 Å². The van der Waals surface area contributed by atoms with E-state index in [2.05, 4.69) is 5.32 Å². The molecule has 4 aromatic rings. The van der Waals surface area contributed by atoms with Crippen LogP contribution in [0.4, 0.5) is 17.1 Å². The molecule has 23 heteroatoms. The Balaban J connectivity index is 1.14. The van der Waals surface area contributed by atoms with E-state index in [0.29, 0.717) is 54.5 Å². The standard InChI is InChI=1S/C47H43As2N3O14S4/c1-2-51(23-38(55)56)32-5-3-4-6-36(32)64-15-16-65-37-22-27(8-12-33(37)52(24-39(57)58)25-40(59)60)50-46(61)26-7-9-28(31(21-26)47(62)63)41-29-10-13-34(53)42(48-67-17-18-68-48)44(29)66-45-30(41)11-14-35(54)43(45)49-69-19-20-70-49/h3-14,21-22,53H,2,15-20,23-25H2,1H3,(H,50,61)(H,55,56)(H,57,58)(H,59,60)(H,62,63). The fourth-order valence-corrected chi connectivity index (χ4v) is 37.5. The predicted octanol–water partition coefficient (Wildman–Crippen LogP) is 5.92. The van der Waals surface area contributed by atoms with Gasteiger partial charge < -0.3 is 34.6 Å². The summed E-state index contributed by atoms with van der Waals surface area (Å²) in [6.45, 7) is 0.268. The number of nitrogens with one attached hydrogen (secondary N) is 1. The maximum atomic E-state index is 14.1. The minimum atomic E-state index is -2.00. The first-order chi connectivity index (χ1) is 33.7. The summed E-state index contributed by atoms with van der Waals surface area (Å²) in [5, 5.41) is 54.3. The monoisotopic (exact) mass is 1150 g/mol. The average Bonchev–Trinajstić information content (AvgIpc) is 4.07. The number of likely N-dealkylation sites (N-methyl/N-ethyl adjacent to an activating group) is 1. The summed E-state index contributed by atoms with van der Waals surface area (Å²) < 4.78 is 20.1. The normalized spacial score (nSPS) is 13.9. The van der Waals surface area contributed by atoms with Gasteiger partial charge in [0.1, 0.15) is 44.3 Å². The van der Waals surface area contributed by atoms with Crippen LogP contribution < -0.4 is 38.7 Å². The summed E-state index contributed by atoms with van der Waals surface area (Å²) in [5.74, 6) is -1.23. The molecule has 0 saturated carbocycles. The van der Waals surface area contributed by atoms with Crippen LogP contribution in [0.25, 0.3) is 33.4 Å². The molecule has 0 spiro atoms. The number of carboxylic acids is 4. The molecule has 1 amide bonds. The van der Waals surface area contributed by atoms with Crippen molar-refractivity contribution in [1.82, 2.24) is 0 Å². The molecule has 2 saturated heterocycles. The van der Waals surface area contributed by atoms with Gasteiger partial charge in [0.2, 0.25) is 0 Å². The number of carbonyl (C=O) groups is 5. The van der Waals surface area contributed by atoms with E-state index in [0.717, 1.165) is 27.9 Å². The number of ether oxygens (including phenoxy) is 2. The Morgan fingerprint density at radius 2 is 1.29 bits per heavy atom. The smallest absolute Gasteiger partial charge is 0.480 e. The third-order valence-corrected chi connectivity index (χ3v) is 38.0. The van der Waals surface area contributed by atoms with Crippen molar-refractivity contribution in [3.05, 3.63) is 106 Å². The van der Waals surface area contributed by atoms with Crippen molar-refractivity contribution in [1.29, 1.82) is 0 Å². The van der Waals surface area contributed by atoms with Gasteiger partial charge in [-0.2, -0.15) is 0 Å². The maximum absolute atomic E-state index is 14.1. The van der Waals surface area contributed by atoms with Crippen LogP contribution in [0, 0.1) is 0 Å². The van der Waals surface area contributed by atoms with Crippen molar-refractivity contribution >= 4 is 131 Å². The molecule has 4 aliphatic rings. The molecular weight excluding hydrogens is 1110 g/mol. The first-order valence-electron chi connectivity index (χ1n) is 21.4. The molecule has 0 atom stereocenters. The van der Waals surface area contributed by atoms with E-state index in [1.807, 2.05) is 0 Å². The molecule has 0 aromatic heterocycles. The molecule has 0 unspecified atom stereocenters. The Kier molecular flexibility index (Phi) is 16.5. The van der Waals surface area contributed by atoms with Crippen LogP contribution in [0.3, 0.4) is 0 Å². The number of phenolic OH excluding ortho intramolecular Hbond substituents is 1. The Morgan fingerprint density at radius 1 is 0.686 bits per heavy atom. The SMILES string of the molecule is CCN(CC(=O)O)c1ccccc1OCCOc1cc(NC(=O)c2ccc(-c3c4ccc(=O)c([As]5SCCS5)c-4oc4c([As]5SCCS5)c(O)ccc34)c(C(=O)O)c2)ccc1N(CC(=O)O)CC(=O)O. The Morgan fingerprint density at radius 3 is 1.93 bits per heavy atom. The van der Waals surface area contributed by atoms with Gasteiger partial charge in [-0.3, -0.25) is 14.4 Å². The Labute approximate surface area is 422 Å². The summed E-state index contributed by atoms with van der Waals surface area (Å²) in [4.78, 5) is 79.0. The molecule has 0 bridgehead atoms. The van der Waals surface area contributed by atoms with Crippen LogP contribution in [-0.2, 0) is 14.4 Å². The van der Waals surface area contributed by atoms with Gasteiger partial charge in [-0.1, -0.05) is 12.1 Å². The average molecular weight is 1150 g/mol. The van der Waals surface area contributed by atoms with Crippen LogP contribution in [0.15, 0.2) is 94.1 Å². The number of rotatable bonds is 20. The van der Waals surface area contributed by atoms with Crippen LogP contribution in [-0.4, -0.2) is 142 Å². The molecule has 6 N–H and O–H groups in total. The summed E-state index contributed by atoms with van der Waals surface area (Å²) in [6, 6.07) is 21.8. The zero-order valence-electron chi connectivity index (χ0n) is 37.0. The number of phenols is 1. The van der Waals surface area contributed by atoms with Crippen molar-refractivity contribution in [2.45, 2.75) is 6.92 Å². The van der Waals surface area contributed by atoms with Crippen molar-refractivity contribution in [3.8, 4) is 39.7 Å². The fourth-order valence-electron chi connectivity index (χ4n) is 7.89. The number of carbonyl (C=O) groups excluding carboxylic acids is 1. The fraction of sp³-hybridized carbons (Fsp3) is 0.234.